The Hall–Kier alpha value is -0.820. The van der Waals surface area contributed by atoms with Gasteiger partial charge in [-0.1, -0.05) is 30.7 Å². The van der Waals surface area contributed by atoms with Crippen LogP contribution in [0.15, 0.2) is 18.2 Å². The number of hydrogen-bond acceptors (Lipinski definition) is 1. The normalized spacial score (nSPS) is 29.6. The summed E-state index contributed by atoms with van der Waals surface area (Å²) < 4.78 is 0. The zero-order chi connectivity index (χ0) is 11.8. The van der Waals surface area contributed by atoms with E-state index in [0.717, 1.165) is 0 Å². The van der Waals surface area contributed by atoms with E-state index in [1.165, 1.54) is 30.4 Å². The van der Waals surface area contributed by atoms with Crippen molar-refractivity contribution in [1.29, 1.82) is 0 Å². The number of hydrogen-bond donors (Lipinski definition) is 1. The molecule has 1 aromatic carbocycles. The van der Waals surface area contributed by atoms with Crippen LogP contribution >= 0.6 is 0 Å². The summed E-state index contributed by atoms with van der Waals surface area (Å²) >= 11 is 0. The highest BCUT2D eigenvalue weighted by molar-refractivity contribution is 5.37. The van der Waals surface area contributed by atoms with Crippen molar-refractivity contribution in [3.05, 3.63) is 34.9 Å². The molecule has 1 saturated carbocycles. The van der Waals surface area contributed by atoms with Crippen molar-refractivity contribution >= 4 is 0 Å². The van der Waals surface area contributed by atoms with Crippen LogP contribution in [0, 0.1) is 13.8 Å². The van der Waals surface area contributed by atoms with Crippen LogP contribution in [-0.4, -0.2) is 13.1 Å². The highest BCUT2D eigenvalue weighted by Crippen LogP contribution is 2.42. The highest BCUT2D eigenvalue weighted by atomic mass is 14.9. The highest BCUT2D eigenvalue weighted by Gasteiger charge is 2.36. The fraction of sp³-hybridized carbons (Fsp3) is 0.600. The Morgan fingerprint density at radius 3 is 2.62 bits per heavy atom. The second-order valence-corrected chi connectivity index (χ2v) is 5.61. The summed E-state index contributed by atoms with van der Waals surface area (Å²) in [7, 11) is 2.08. The number of benzene rings is 1. The molecular weight excluding hydrogens is 194 g/mol. The van der Waals surface area contributed by atoms with E-state index in [4.69, 9.17) is 0 Å². The second kappa shape index (κ2) is 4.21. The maximum Gasteiger partial charge on any atom is 0.00727 e. The number of rotatable bonds is 2. The summed E-state index contributed by atoms with van der Waals surface area (Å²) in [5.41, 5.74) is 4.76. The van der Waals surface area contributed by atoms with Crippen molar-refractivity contribution < 1.29 is 0 Å². The van der Waals surface area contributed by atoms with Gasteiger partial charge in [-0.05, 0) is 56.7 Å². The molecule has 0 amide bonds. The summed E-state index contributed by atoms with van der Waals surface area (Å²) in [5, 5.41) is 3.42. The largest absolute Gasteiger partial charge is 0.317 e. The van der Waals surface area contributed by atoms with Crippen LogP contribution in [0.1, 0.15) is 42.9 Å². The molecule has 88 valence electrons. The van der Waals surface area contributed by atoms with Gasteiger partial charge >= 0.3 is 0 Å². The summed E-state index contributed by atoms with van der Waals surface area (Å²) in [5.74, 6) is 0. The summed E-state index contributed by atoms with van der Waals surface area (Å²) in [4.78, 5) is 0. The molecule has 0 aliphatic heterocycles. The van der Waals surface area contributed by atoms with Crippen molar-refractivity contribution in [2.45, 2.75) is 51.5 Å². The summed E-state index contributed by atoms with van der Waals surface area (Å²) in [6.07, 6.45) is 3.89. The van der Waals surface area contributed by atoms with Crippen LogP contribution in [0.3, 0.4) is 0 Å². The van der Waals surface area contributed by atoms with Crippen LogP contribution < -0.4 is 5.32 Å². The van der Waals surface area contributed by atoms with E-state index in [1.807, 2.05) is 0 Å². The van der Waals surface area contributed by atoms with Gasteiger partial charge in [-0.25, -0.2) is 0 Å². The summed E-state index contributed by atoms with van der Waals surface area (Å²) in [6, 6.07) is 7.60. The molecule has 1 aliphatic carbocycles. The molecule has 2 unspecified atom stereocenters. The topological polar surface area (TPSA) is 12.0 Å². The smallest absolute Gasteiger partial charge is 0.00727 e. The molecule has 1 N–H and O–H groups in total. The molecule has 0 aromatic heterocycles. The van der Waals surface area contributed by atoms with E-state index in [2.05, 4.69) is 51.3 Å². The first kappa shape index (κ1) is 11.7. The van der Waals surface area contributed by atoms with E-state index in [0.29, 0.717) is 11.5 Å². The third-order valence-electron chi connectivity index (χ3n) is 4.18. The minimum Gasteiger partial charge on any atom is -0.317 e. The lowest BCUT2D eigenvalue weighted by Crippen LogP contribution is -2.26. The van der Waals surface area contributed by atoms with E-state index in [1.54, 1.807) is 5.56 Å². The van der Waals surface area contributed by atoms with Crippen LogP contribution in [0.2, 0.25) is 0 Å². The minimum absolute atomic E-state index is 0.380. The average Bonchev–Trinajstić information content (AvgIpc) is 2.61. The van der Waals surface area contributed by atoms with Gasteiger partial charge < -0.3 is 5.32 Å². The molecule has 0 heterocycles. The van der Waals surface area contributed by atoms with Crippen molar-refractivity contribution in [3.8, 4) is 0 Å². The molecule has 1 heteroatoms. The second-order valence-electron chi connectivity index (χ2n) is 5.61. The van der Waals surface area contributed by atoms with Crippen LogP contribution in [0.5, 0.6) is 0 Å². The van der Waals surface area contributed by atoms with Gasteiger partial charge in [-0.15, -0.1) is 0 Å². The van der Waals surface area contributed by atoms with Gasteiger partial charge in [0.25, 0.3) is 0 Å². The first-order valence-corrected chi connectivity index (χ1v) is 6.30. The molecule has 0 spiro atoms. The predicted octanol–water partition coefficient (Wildman–Crippen LogP) is 3.33. The van der Waals surface area contributed by atoms with Gasteiger partial charge in [0.15, 0.2) is 0 Å². The van der Waals surface area contributed by atoms with Crippen LogP contribution in [-0.2, 0) is 5.41 Å². The number of aryl methyl sites for hydroxylation is 2. The predicted molar refractivity (Wildman–Crippen MR) is 70.0 cm³/mol. The Morgan fingerprint density at radius 1 is 1.31 bits per heavy atom. The lowest BCUT2D eigenvalue weighted by molar-refractivity contribution is 0.464. The van der Waals surface area contributed by atoms with Crippen molar-refractivity contribution in [2.75, 3.05) is 7.05 Å². The average molecular weight is 217 g/mol. The van der Waals surface area contributed by atoms with Crippen LogP contribution in [0.25, 0.3) is 0 Å². The third-order valence-corrected chi connectivity index (χ3v) is 4.18. The van der Waals surface area contributed by atoms with Crippen molar-refractivity contribution in [1.82, 2.24) is 5.32 Å². The lowest BCUT2D eigenvalue weighted by atomic mass is 9.78. The Labute approximate surface area is 99.3 Å². The molecule has 2 atom stereocenters. The SMILES string of the molecule is CNC1CCC(C)(c2ccc(C)cc2C)C1. The third kappa shape index (κ3) is 2.01. The Bertz CT molecular complexity index is 383. The van der Waals surface area contributed by atoms with Crippen molar-refractivity contribution in [2.24, 2.45) is 0 Å². The monoisotopic (exact) mass is 217 g/mol. The molecule has 1 aromatic rings. The van der Waals surface area contributed by atoms with Gasteiger partial charge in [0.05, 0.1) is 0 Å². The minimum atomic E-state index is 0.380. The molecule has 2 rings (SSSR count). The Balaban J connectivity index is 2.30. The van der Waals surface area contributed by atoms with E-state index in [9.17, 15) is 0 Å². The molecular formula is C15H23N. The first-order chi connectivity index (χ1) is 7.55. The van der Waals surface area contributed by atoms with E-state index < -0.39 is 0 Å². The van der Waals surface area contributed by atoms with Gasteiger partial charge in [-0.2, -0.15) is 0 Å². The lowest BCUT2D eigenvalue weighted by Gasteiger charge is -2.27. The molecule has 1 aliphatic rings. The van der Waals surface area contributed by atoms with E-state index in [-0.39, 0.29) is 0 Å². The summed E-state index contributed by atoms with van der Waals surface area (Å²) in [6.45, 7) is 6.84. The standard InChI is InChI=1S/C15H23N/c1-11-5-6-14(12(2)9-11)15(3)8-7-13(10-15)16-4/h5-6,9,13,16H,7-8,10H2,1-4H3. The molecule has 0 bridgehead atoms. The number of nitrogens with one attached hydrogen (secondary N) is 1. The Morgan fingerprint density at radius 2 is 2.06 bits per heavy atom. The quantitative estimate of drug-likeness (QED) is 0.801. The zero-order valence-corrected chi connectivity index (χ0v) is 10.9. The van der Waals surface area contributed by atoms with Gasteiger partial charge in [-0.3, -0.25) is 0 Å². The van der Waals surface area contributed by atoms with Crippen molar-refractivity contribution in [3.63, 3.8) is 0 Å². The molecule has 0 radical (unpaired) electrons. The first-order valence-electron chi connectivity index (χ1n) is 6.30. The maximum absolute atomic E-state index is 3.42. The van der Waals surface area contributed by atoms with Crippen LogP contribution in [0.4, 0.5) is 0 Å². The molecule has 0 saturated heterocycles. The van der Waals surface area contributed by atoms with E-state index >= 15 is 0 Å². The molecule has 16 heavy (non-hydrogen) atoms. The fourth-order valence-electron chi connectivity index (χ4n) is 3.22. The van der Waals surface area contributed by atoms with Gasteiger partial charge in [0, 0.05) is 6.04 Å². The maximum atomic E-state index is 3.42. The molecule has 1 fully saturated rings. The molecule has 1 nitrogen and oxygen atoms in total. The Kier molecular flexibility index (Phi) is 3.07. The zero-order valence-electron chi connectivity index (χ0n) is 10.9. The van der Waals surface area contributed by atoms with Gasteiger partial charge in [0.2, 0.25) is 0 Å². The van der Waals surface area contributed by atoms with Gasteiger partial charge in [0.1, 0.15) is 0 Å². The fourth-order valence-corrected chi connectivity index (χ4v) is 3.22.